The van der Waals surface area contributed by atoms with Crippen molar-refractivity contribution in [2.75, 3.05) is 0 Å². The number of carbonyl (C=O) groups is 1. The zero-order valence-corrected chi connectivity index (χ0v) is 19.2. The van der Waals surface area contributed by atoms with Gasteiger partial charge in [0, 0.05) is 24.5 Å². The Kier molecular flexibility index (Phi) is 7.32. The molecule has 6 nitrogen and oxygen atoms in total. The van der Waals surface area contributed by atoms with Gasteiger partial charge in [-0.3, -0.25) is 14.3 Å². The van der Waals surface area contributed by atoms with Crippen molar-refractivity contribution in [1.82, 2.24) is 25.1 Å². The summed E-state index contributed by atoms with van der Waals surface area (Å²) in [6.45, 7) is 6.28. The van der Waals surface area contributed by atoms with Crippen LogP contribution in [0.3, 0.4) is 0 Å². The Hall–Kier alpha value is -3.71. The van der Waals surface area contributed by atoms with Crippen LogP contribution in [0.15, 0.2) is 103 Å². The third-order valence-corrected chi connectivity index (χ3v) is 6.25. The topological polar surface area (TPSA) is 72.7 Å². The van der Waals surface area contributed by atoms with Gasteiger partial charge in [-0.2, -0.15) is 0 Å². The van der Waals surface area contributed by atoms with E-state index in [0.717, 1.165) is 22.5 Å². The first-order valence-electron chi connectivity index (χ1n) is 10.7. The average molecular weight is 456 g/mol. The molecular weight excluding hydrogens is 430 g/mol. The number of allylic oxidation sites excluding steroid dienone is 1. The van der Waals surface area contributed by atoms with Crippen molar-refractivity contribution < 1.29 is 4.79 Å². The van der Waals surface area contributed by atoms with Crippen molar-refractivity contribution in [2.24, 2.45) is 0 Å². The third kappa shape index (κ3) is 5.38. The molecule has 1 atom stereocenters. The van der Waals surface area contributed by atoms with Gasteiger partial charge in [-0.05, 0) is 30.2 Å². The smallest absolute Gasteiger partial charge is 0.234 e. The van der Waals surface area contributed by atoms with Gasteiger partial charge in [0.25, 0.3) is 0 Å². The van der Waals surface area contributed by atoms with Crippen molar-refractivity contribution in [1.29, 1.82) is 0 Å². The number of thioether (sulfide) groups is 1. The average Bonchev–Trinajstić information content (AvgIpc) is 3.26. The van der Waals surface area contributed by atoms with Crippen LogP contribution >= 0.6 is 11.8 Å². The summed E-state index contributed by atoms with van der Waals surface area (Å²) in [7, 11) is 0. The molecule has 0 saturated heterocycles. The monoisotopic (exact) mass is 455 g/mol. The zero-order chi connectivity index (χ0) is 23.0. The van der Waals surface area contributed by atoms with Gasteiger partial charge in [0.05, 0.1) is 11.3 Å². The van der Waals surface area contributed by atoms with Gasteiger partial charge in [0.2, 0.25) is 5.91 Å². The zero-order valence-electron chi connectivity index (χ0n) is 18.3. The molecule has 0 bridgehead atoms. The van der Waals surface area contributed by atoms with Gasteiger partial charge in [0.15, 0.2) is 11.0 Å². The van der Waals surface area contributed by atoms with Crippen molar-refractivity contribution in [3.8, 4) is 11.4 Å². The normalized spacial score (nSPS) is 11.8. The minimum atomic E-state index is -0.377. The minimum Gasteiger partial charge on any atom is -0.344 e. The summed E-state index contributed by atoms with van der Waals surface area (Å²) in [5.41, 5.74) is 2.98. The fraction of sp³-hybridized carbons (Fsp3) is 0.154. The number of pyridine rings is 1. The Morgan fingerprint density at radius 3 is 2.18 bits per heavy atom. The van der Waals surface area contributed by atoms with Gasteiger partial charge in [-0.25, -0.2) is 0 Å². The maximum Gasteiger partial charge on any atom is 0.234 e. The van der Waals surface area contributed by atoms with Crippen LogP contribution in [-0.4, -0.2) is 30.9 Å². The van der Waals surface area contributed by atoms with Crippen LogP contribution in [0.5, 0.6) is 0 Å². The molecule has 4 aromatic rings. The summed E-state index contributed by atoms with van der Waals surface area (Å²) in [5.74, 6) is 0.648. The molecule has 4 rings (SSSR count). The fourth-order valence-corrected chi connectivity index (χ4v) is 4.37. The lowest BCUT2D eigenvalue weighted by atomic mass is 9.98. The lowest BCUT2D eigenvalue weighted by Crippen LogP contribution is -2.35. The fourth-order valence-electron chi connectivity index (χ4n) is 3.51. The van der Waals surface area contributed by atoms with Crippen LogP contribution in [0.1, 0.15) is 24.1 Å². The number of nitrogens with zero attached hydrogens (tertiary/aromatic N) is 4. The highest BCUT2D eigenvalue weighted by Gasteiger charge is 2.24. The Morgan fingerprint density at radius 2 is 1.61 bits per heavy atom. The van der Waals surface area contributed by atoms with E-state index in [1.54, 1.807) is 18.5 Å². The Labute approximate surface area is 197 Å². The maximum absolute atomic E-state index is 13.2. The standard InChI is InChI=1S/C26H25N5OS/c1-3-18-31-24(22-14-16-27-17-15-22)29-30-26(31)33-19(2)25(32)28-23(20-10-6-4-7-11-20)21-12-8-5-9-13-21/h3-17,19,23H,1,18H2,2H3,(H,28,32). The summed E-state index contributed by atoms with van der Waals surface area (Å²) in [4.78, 5) is 17.3. The maximum atomic E-state index is 13.2. The number of carbonyl (C=O) groups excluding carboxylic acids is 1. The molecule has 0 saturated carbocycles. The molecule has 0 aliphatic rings. The van der Waals surface area contributed by atoms with E-state index in [1.165, 1.54) is 11.8 Å². The van der Waals surface area contributed by atoms with Crippen molar-refractivity contribution in [3.05, 3.63) is 109 Å². The van der Waals surface area contributed by atoms with Crippen LogP contribution in [0.4, 0.5) is 0 Å². The van der Waals surface area contributed by atoms with Gasteiger partial charge in [-0.1, -0.05) is 78.5 Å². The molecule has 33 heavy (non-hydrogen) atoms. The van der Waals surface area contributed by atoms with Gasteiger partial charge < -0.3 is 5.32 Å². The highest BCUT2D eigenvalue weighted by Crippen LogP contribution is 2.28. The Bertz CT molecular complexity index is 1160. The summed E-state index contributed by atoms with van der Waals surface area (Å²) in [6, 6.07) is 23.5. The number of rotatable bonds is 9. The SMILES string of the molecule is C=CCn1c(SC(C)C(=O)NC(c2ccccc2)c2ccccc2)nnc1-c1ccncc1. The first-order chi connectivity index (χ1) is 16.2. The molecule has 0 fully saturated rings. The van der Waals surface area contributed by atoms with E-state index in [2.05, 4.69) is 27.1 Å². The third-order valence-electron chi connectivity index (χ3n) is 5.17. The number of hydrogen-bond donors (Lipinski definition) is 1. The molecule has 0 aliphatic heterocycles. The molecule has 1 amide bonds. The molecule has 0 spiro atoms. The van der Waals surface area contributed by atoms with Crippen LogP contribution in [0.2, 0.25) is 0 Å². The van der Waals surface area contributed by atoms with E-state index in [1.807, 2.05) is 84.3 Å². The van der Waals surface area contributed by atoms with Crippen LogP contribution in [0, 0.1) is 0 Å². The second kappa shape index (κ2) is 10.7. The molecule has 7 heteroatoms. The van der Waals surface area contributed by atoms with E-state index < -0.39 is 0 Å². The van der Waals surface area contributed by atoms with E-state index in [9.17, 15) is 4.79 Å². The van der Waals surface area contributed by atoms with Crippen molar-refractivity contribution in [2.45, 2.75) is 29.9 Å². The largest absolute Gasteiger partial charge is 0.344 e. The van der Waals surface area contributed by atoms with E-state index in [4.69, 9.17) is 0 Å². The number of nitrogens with one attached hydrogen (secondary N) is 1. The molecular formula is C26H25N5OS. The Balaban J connectivity index is 1.55. The van der Waals surface area contributed by atoms with Crippen molar-refractivity contribution in [3.63, 3.8) is 0 Å². The predicted molar refractivity (Wildman–Crippen MR) is 132 cm³/mol. The lowest BCUT2D eigenvalue weighted by molar-refractivity contribution is -0.120. The molecule has 2 heterocycles. The highest BCUT2D eigenvalue weighted by atomic mass is 32.2. The van der Waals surface area contributed by atoms with Gasteiger partial charge in [0.1, 0.15) is 0 Å². The molecule has 0 aliphatic carbocycles. The van der Waals surface area contributed by atoms with Gasteiger partial charge >= 0.3 is 0 Å². The molecule has 1 unspecified atom stereocenters. The van der Waals surface area contributed by atoms with Crippen LogP contribution in [-0.2, 0) is 11.3 Å². The second-order valence-corrected chi connectivity index (χ2v) is 8.77. The number of benzene rings is 2. The molecule has 2 aromatic carbocycles. The highest BCUT2D eigenvalue weighted by molar-refractivity contribution is 8.00. The van der Waals surface area contributed by atoms with E-state index in [0.29, 0.717) is 11.7 Å². The quantitative estimate of drug-likeness (QED) is 0.287. The van der Waals surface area contributed by atoms with Crippen LogP contribution in [0.25, 0.3) is 11.4 Å². The summed E-state index contributed by atoms with van der Waals surface area (Å²) in [5, 5.41) is 12.2. The van der Waals surface area contributed by atoms with E-state index in [-0.39, 0.29) is 17.2 Å². The number of aromatic nitrogens is 4. The summed E-state index contributed by atoms with van der Waals surface area (Å²) >= 11 is 1.38. The molecule has 2 aromatic heterocycles. The van der Waals surface area contributed by atoms with Gasteiger partial charge in [-0.15, -0.1) is 16.8 Å². The molecule has 0 radical (unpaired) electrons. The summed E-state index contributed by atoms with van der Waals surface area (Å²) < 4.78 is 1.96. The number of hydrogen-bond acceptors (Lipinski definition) is 5. The first-order valence-corrected chi connectivity index (χ1v) is 11.6. The first kappa shape index (κ1) is 22.5. The molecule has 166 valence electrons. The lowest BCUT2D eigenvalue weighted by Gasteiger charge is -2.22. The van der Waals surface area contributed by atoms with E-state index >= 15 is 0 Å². The predicted octanol–water partition coefficient (Wildman–Crippen LogP) is 4.91. The number of amides is 1. The molecule has 1 N–H and O–H groups in total. The van der Waals surface area contributed by atoms with Crippen molar-refractivity contribution >= 4 is 17.7 Å². The Morgan fingerprint density at radius 1 is 1.00 bits per heavy atom. The van der Waals surface area contributed by atoms with Crippen LogP contribution < -0.4 is 5.32 Å². The second-order valence-electron chi connectivity index (χ2n) is 7.46. The summed E-state index contributed by atoms with van der Waals surface area (Å²) in [6.07, 6.45) is 5.24. The minimum absolute atomic E-state index is 0.0729.